The number of hydrogen-bond acceptors (Lipinski definition) is 10. The first kappa shape index (κ1) is 40.7. The number of unbranched alkanes of at least 4 members (excludes halogenated alkanes) is 1. The van der Waals surface area contributed by atoms with Crippen LogP contribution in [0.15, 0.2) is 24.3 Å². The van der Waals surface area contributed by atoms with Gasteiger partial charge in [0.2, 0.25) is 29.9 Å². The van der Waals surface area contributed by atoms with Crippen molar-refractivity contribution < 1.29 is 34.2 Å². The molecule has 0 saturated carbocycles. The smallest absolute Gasteiger partial charge is 0.245 e. The number of benzene rings is 1. The van der Waals surface area contributed by atoms with Crippen LogP contribution in [0.2, 0.25) is 0 Å². The summed E-state index contributed by atoms with van der Waals surface area (Å²) in [5, 5.41) is 39.9. The lowest BCUT2D eigenvalue weighted by Gasteiger charge is -2.27. The summed E-state index contributed by atoms with van der Waals surface area (Å²) in [6.07, 6.45) is 2.54. The van der Waals surface area contributed by atoms with Crippen LogP contribution in [0.1, 0.15) is 64.9 Å². The highest BCUT2D eigenvalue weighted by Crippen LogP contribution is 2.12. The van der Waals surface area contributed by atoms with Crippen molar-refractivity contribution in [1.82, 2.24) is 26.6 Å². The number of hydrogen-bond donors (Lipinski definition) is 11. The fraction of sp³-hybridized carbons (Fsp3) is 0.613. The number of nitrogens with two attached hydrogens (primary N) is 3. The number of guanidine groups is 1. The van der Waals surface area contributed by atoms with Gasteiger partial charge in [0.05, 0.1) is 18.2 Å². The molecule has 0 bridgehead atoms. The van der Waals surface area contributed by atoms with Crippen LogP contribution >= 0.6 is 0 Å². The van der Waals surface area contributed by atoms with Gasteiger partial charge in [0, 0.05) is 6.54 Å². The normalized spacial score (nSPS) is 14.9. The second kappa shape index (κ2) is 21.5. The van der Waals surface area contributed by atoms with Crippen LogP contribution in [-0.2, 0) is 30.4 Å². The first-order valence-electron chi connectivity index (χ1n) is 15.8. The second-order valence-electron chi connectivity index (χ2n) is 11.9. The molecule has 0 aromatic heterocycles. The highest BCUT2D eigenvalue weighted by molar-refractivity contribution is 5.95. The Hall–Kier alpha value is -4.28. The quantitative estimate of drug-likeness (QED) is 0.0371. The van der Waals surface area contributed by atoms with Crippen LogP contribution < -0.4 is 43.8 Å². The summed E-state index contributed by atoms with van der Waals surface area (Å²) in [6, 6.07) is 0.423. The van der Waals surface area contributed by atoms with Crippen molar-refractivity contribution >= 4 is 35.9 Å². The maximum absolute atomic E-state index is 13.5. The van der Waals surface area contributed by atoms with Crippen LogP contribution in [-0.4, -0.2) is 95.5 Å². The molecule has 0 aliphatic carbocycles. The number of rotatable bonds is 22. The third kappa shape index (κ3) is 16.2. The van der Waals surface area contributed by atoms with Crippen molar-refractivity contribution in [3.8, 4) is 5.75 Å². The largest absolute Gasteiger partial charge is 0.508 e. The average Bonchev–Trinajstić information content (AvgIpc) is 3.00. The first-order valence-corrected chi connectivity index (χ1v) is 15.8. The van der Waals surface area contributed by atoms with Gasteiger partial charge in [0.1, 0.15) is 23.9 Å². The van der Waals surface area contributed by atoms with E-state index < -0.39 is 59.9 Å². The maximum Gasteiger partial charge on any atom is 0.245 e. The lowest BCUT2D eigenvalue weighted by atomic mass is 10.0. The molecule has 0 unspecified atom stereocenters. The van der Waals surface area contributed by atoms with E-state index in [1.807, 2.05) is 13.8 Å². The van der Waals surface area contributed by atoms with E-state index in [2.05, 4.69) is 26.6 Å². The van der Waals surface area contributed by atoms with E-state index in [4.69, 9.17) is 22.6 Å². The van der Waals surface area contributed by atoms with E-state index in [0.717, 1.165) is 0 Å². The number of nitrogens with one attached hydrogen (secondary N) is 6. The van der Waals surface area contributed by atoms with Gasteiger partial charge in [0.15, 0.2) is 5.96 Å². The van der Waals surface area contributed by atoms with Gasteiger partial charge < -0.3 is 54.0 Å². The highest BCUT2D eigenvalue weighted by atomic mass is 16.3. The van der Waals surface area contributed by atoms with E-state index in [1.54, 1.807) is 18.4 Å². The zero-order chi connectivity index (χ0) is 35.5. The molecule has 47 heavy (non-hydrogen) atoms. The molecule has 16 nitrogen and oxygen atoms in total. The molecule has 1 radical (unpaired) electrons. The summed E-state index contributed by atoms with van der Waals surface area (Å²) in [6.45, 7) is 5.67. The van der Waals surface area contributed by atoms with E-state index in [0.29, 0.717) is 37.9 Å². The number of amides is 4. The van der Waals surface area contributed by atoms with Gasteiger partial charge in [-0.05, 0) is 82.0 Å². The van der Waals surface area contributed by atoms with Gasteiger partial charge in [-0.2, -0.15) is 0 Å². The van der Waals surface area contributed by atoms with Gasteiger partial charge in [0.25, 0.3) is 0 Å². The van der Waals surface area contributed by atoms with Gasteiger partial charge in [-0.3, -0.25) is 29.4 Å². The average molecular weight is 663 g/mol. The third-order valence-corrected chi connectivity index (χ3v) is 7.16. The van der Waals surface area contributed by atoms with Crippen molar-refractivity contribution in [2.45, 2.75) is 102 Å². The first-order chi connectivity index (χ1) is 22.2. The Labute approximate surface area is 275 Å². The molecule has 0 aliphatic rings. The maximum atomic E-state index is 13.5. The number of phenols is 1. The second-order valence-corrected chi connectivity index (χ2v) is 11.9. The molecule has 0 heterocycles. The standard InChI is InChI=1S/C31H52N9O7/c1-18(2)15-25(29(46)37-21(17-41)7-6-14-36-31(34)35)39-28(45)24(8-4-5-13-32)38-30(47)26(19(3)42)40-27(44)23(33)16-20-9-11-22(43)12-10-20/h9-12,18-19,21,23-26,42-43H,4-8,13-16,32-33H2,1-3H3,(H,37,46)(H,38,47)(H,39,45)(H,40,44)(H4,34,35,36)/t19-,21+,23+,24+,25+,26+/m1/s1. The highest BCUT2D eigenvalue weighted by Gasteiger charge is 2.33. The zero-order valence-corrected chi connectivity index (χ0v) is 27.4. The SMILES string of the molecule is CC(C)C[C@H](NC(=O)[C@H](CCCCN)NC(=O)[C@@H](NC(=O)[C@@H](N)Cc1ccc(O)cc1)[C@@H](C)O)C(=O)N[C@H]([C]=O)CCCNC(=N)N. The van der Waals surface area contributed by atoms with Gasteiger partial charge in [-0.1, -0.05) is 26.0 Å². The summed E-state index contributed by atoms with van der Waals surface area (Å²) in [4.78, 5) is 64.4. The van der Waals surface area contributed by atoms with Crippen molar-refractivity contribution in [3.05, 3.63) is 29.8 Å². The van der Waals surface area contributed by atoms with Crippen LogP contribution in [0, 0.1) is 11.3 Å². The lowest BCUT2D eigenvalue weighted by molar-refractivity contribution is -0.135. The molecule has 0 saturated heterocycles. The number of aliphatic hydroxyl groups is 1. The molecular formula is C31H52N9O7. The molecule has 4 amide bonds. The zero-order valence-electron chi connectivity index (χ0n) is 27.4. The minimum atomic E-state index is -1.45. The summed E-state index contributed by atoms with van der Waals surface area (Å²) < 4.78 is 0. The van der Waals surface area contributed by atoms with Crippen LogP contribution in [0.5, 0.6) is 5.75 Å². The summed E-state index contributed by atoms with van der Waals surface area (Å²) >= 11 is 0. The molecule has 6 atom stereocenters. The molecule has 16 heteroatoms. The van der Waals surface area contributed by atoms with Crippen molar-refractivity contribution in [3.63, 3.8) is 0 Å². The Morgan fingerprint density at radius 3 is 2.04 bits per heavy atom. The predicted octanol–water partition coefficient (Wildman–Crippen LogP) is -1.87. The predicted molar refractivity (Wildman–Crippen MR) is 176 cm³/mol. The number of aliphatic hydroxyl groups excluding tert-OH is 1. The minimum absolute atomic E-state index is 0.0321. The van der Waals surface area contributed by atoms with E-state index >= 15 is 0 Å². The molecule has 0 spiro atoms. The molecule has 0 aliphatic heterocycles. The van der Waals surface area contributed by atoms with Gasteiger partial charge in [-0.15, -0.1) is 0 Å². The fourth-order valence-electron chi connectivity index (χ4n) is 4.60. The molecule has 1 aromatic rings. The van der Waals surface area contributed by atoms with Crippen molar-refractivity contribution in [2.75, 3.05) is 13.1 Å². The fourth-order valence-corrected chi connectivity index (χ4v) is 4.60. The molecule has 14 N–H and O–H groups in total. The van der Waals surface area contributed by atoms with Crippen LogP contribution in [0.25, 0.3) is 0 Å². The minimum Gasteiger partial charge on any atom is -0.508 e. The summed E-state index contributed by atoms with van der Waals surface area (Å²) in [7, 11) is 0. The molecular weight excluding hydrogens is 610 g/mol. The van der Waals surface area contributed by atoms with Crippen molar-refractivity contribution in [1.29, 1.82) is 5.41 Å². The van der Waals surface area contributed by atoms with Crippen LogP contribution in [0.3, 0.4) is 0 Å². The van der Waals surface area contributed by atoms with E-state index in [-0.39, 0.29) is 43.3 Å². The topological polar surface area (TPSA) is 288 Å². The van der Waals surface area contributed by atoms with Gasteiger partial charge >= 0.3 is 0 Å². The van der Waals surface area contributed by atoms with E-state index in [9.17, 15) is 34.2 Å². The Bertz CT molecular complexity index is 1160. The molecule has 0 fully saturated rings. The number of aromatic hydroxyl groups is 1. The summed E-state index contributed by atoms with van der Waals surface area (Å²) in [5.74, 6) is -3.02. The number of carbonyl (C=O) groups excluding carboxylic acids is 5. The molecule has 1 aromatic carbocycles. The lowest BCUT2D eigenvalue weighted by Crippen LogP contribution is -2.60. The Balaban J connectivity index is 3.02. The van der Waals surface area contributed by atoms with Crippen LogP contribution in [0.4, 0.5) is 0 Å². The Morgan fingerprint density at radius 2 is 1.49 bits per heavy atom. The Kier molecular flexibility index (Phi) is 18.6. The summed E-state index contributed by atoms with van der Waals surface area (Å²) in [5.41, 5.74) is 17.6. The number of carbonyl (C=O) groups is 4. The monoisotopic (exact) mass is 662 g/mol. The van der Waals surface area contributed by atoms with Gasteiger partial charge in [-0.25, -0.2) is 0 Å². The third-order valence-electron chi connectivity index (χ3n) is 7.16. The van der Waals surface area contributed by atoms with Crippen molar-refractivity contribution in [2.24, 2.45) is 23.1 Å². The number of phenolic OH excluding ortho intramolecular Hbond substituents is 1. The Morgan fingerprint density at radius 1 is 0.872 bits per heavy atom. The molecule has 263 valence electrons. The molecule has 1 rings (SSSR count). The van der Waals surface area contributed by atoms with E-state index in [1.165, 1.54) is 19.1 Å².